The van der Waals surface area contributed by atoms with Crippen LogP contribution in [0.2, 0.25) is 0 Å². The van der Waals surface area contributed by atoms with Crippen LogP contribution in [0.1, 0.15) is 36.9 Å². The second-order valence-corrected chi connectivity index (χ2v) is 7.87. The van der Waals surface area contributed by atoms with Crippen LogP contribution in [-0.2, 0) is 11.3 Å². The van der Waals surface area contributed by atoms with Gasteiger partial charge in [-0.2, -0.15) is 0 Å². The molecule has 26 heavy (non-hydrogen) atoms. The van der Waals surface area contributed by atoms with Crippen molar-refractivity contribution in [2.24, 2.45) is 5.92 Å². The number of amides is 1. The highest BCUT2D eigenvalue weighted by Crippen LogP contribution is 2.22. The number of carbonyl (C=O) groups excluding carboxylic acids is 1. The maximum Gasteiger partial charge on any atom is 0.223 e. The first kappa shape index (κ1) is 19.1. The number of hydrogen-bond donors (Lipinski definition) is 1. The molecule has 1 heterocycles. The normalized spacial score (nSPS) is 17.0. The molecule has 3 nitrogen and oxygen atoms in total. The van der Waals surface area contributed by atoms with Crippen molar-refractivity contribution in [3.8, 4) is 0 Å². The molecule has 0 spiro atoms. The minimum atomic E-state index is -0.259. The van der Waals surface area contributed by atoms with E-state index in [9.17, 15) is 9.18 Å². The van der Waals surface area contributed by atoms with Crippen molar-refractivity contribution in [3.63, 3.8) is 0 Å². The molecule has 5 heteroatoms. The molecule has 3 rings (SSSR count). The summed E-state index contributed by atoms with van der Waals surface area (Å²) in [6.45, 7) is 4.72. The summed E-state index contributed by atoms with van der Waals surface area (Å²) < 4.78 is 14.1. The van der Waals surface area contributed by atoms with Crippen molar-refractivity contribution < 1.29 is 9.18 Å². The standard InChI is InChI=1S/C21H24BrFN2O/c1-15(17-4-8-20(23)9-5-17)24-21(26)18-10-12-25(13-11-18)14-16-2-6-19(22)7-3-16/h2-9,15,18H,10-14H2,1H3,(H,24,26)/t15-/m1/s1. The summed E-state index contributed by atoms with van der Waals surface area (Å²) in [5, 5.41) is 3.07. The van der Waals surface area contributed by atoms with Gasteiger partial charge < -0.3 is 5.32 Å². The number of benzene rings is 2. The van der Waals surface area contributed by atoms with Gasteiger partial charge in [0.15, 0.2) is 0 Å². The minimum Gasteiger partial charge on any atom is -0.349 e. The molecular formula is C21H24BrFN2O. The molecule has 0 radical (unpaired) electrons. The van der Waals surface area contributed by atoms with Gasteiger partial charge in [-0.3, -0.25) is 9.69 Å². The maximum absolute atomic E-state index is 13.0. The van der Waals surface area contributed by atoms with Crippen molar-refractivity contribution >= 4 is 21.8 Å². The maximum atomic E-state index is 13.0. The second-order valence-electron chi connectivity index (χ2n) is 6.96. The SMILES string of the molecule is C[C@@H](NC(=O)C1CCN(Cc2ccc(Br)cc2)CC1)c1ccc(F)cc1. The fraction of sp³-hybridized carbons (Fsp3) is 0.381. The third kappa shape index (κ3) is 5.15. The largest absolute Gasteiger partial charge is 0.349 e. The Kier molecular flexibility index (Phi) is 6.43. The molecular weight excluding hydrogens is 395 g/mol. The molecule has 0 saturated carbocycles. The van der Waals surface area contributed by atoms with E-state index in [4.69, 9.17) is 0 Å². The molecule has 1 atom stereocenters. The summed E-state index contributed by atoms with van der Waals surface area (Å²) in [6, 6.07) is 14.6. The minimum absolute atomic E-state index is 0.0547. The van der Waals surface area contributed by atoms with Crippen LogP contribution in [0.4, 0.5) is 4.39 Å². The molecule has 0 bridgehead atoms. The Morgan fingerprint density at radius 1 is 1.15 bits per heavy atom. The second kappa shape index (κ2) is 8.78. The highest BCUT2D eigenvalue weighted by atomic mass is 79.9. The first-order valence-corrected chi connectivity index (χ1v) is 9.83. The van der Waals surface area contributed by atoms with Crippen molar-refractivity contribution in [1.29, 1.82) is 0 Å². The molecule has 1 aliphatic heterocycles. The third-order valence-electron chi connectivity index (χ3n) is 5.01. The van der Waals surface area contributed by atoms with Gasteiger partial charge in [-0.25, -0.2) is 4.39 Å². The summed E-state index contributed by atoms with van der Waals surface area (Å²) in [4.78, 5) is 14.9. The first-order valence-electron chi connectivity index (χ1n) is 9.04. The quantitative estimate of drug-likeness (QED) is 0.764. The molecule has 138 valence electrons. The number of halogens is 2. The van der Waals surface area contributed by atoms with Gasteiger partial charge in [0.25, 0.3) is 0 Å². The number of likely N-dealkylation sites (tertiary alicyclic amines) is 1. The Bertz CT molecular complexity index is 725. The highest BCUT2D eigenvalue weighted by molar-refractivity contribution is 9.10. The van der Waals surface area contributed by atoms with Gasteiger partial charge in [0.2, 0.25) is 5.91 Å². The number of hydrogen-bond acceptors (Lipinski definition) is 2. The van der Waals surface area contributed by atoms with E-state index in [2.05, 4.69) is 50.4 Å². The van der Waals surface area contributed by atoms with Crippen molar-refractivity contribution in [2.45, 2.75) is 32.4 Å². The molecule has 1 N–H and O–H groups in total. The van der Waals surface area contributed by atoms with Crippen LogP contribution < -0.4 is 5.32 Å². The summed E-state index contributed by atoms with van der Waals surface area (Å²) in [5.41, 5.74) is 2.22. The lowest BCUT2D eigenvalue weighted by Crippen LogP contribution is -2.40. The zero-order valence-corrected chi connectivity index (χ0v) is 16.5. The van der Waals surface area contributed by atoms with Crippen LogP contribution in [-0.4, -0.2) is 23.9 Å². The predicted octanol–water partition coefficient (Wildman–Crippen LogP) is 4.68. The fourth-order valence-electron chi connectivity index (χ4n) is 3.37. The molecule has 0 unspecified atom stereocenters. The van der Waals surface area contributed by atoms with Gasteiger partial charge >= 0.3 is 0 Å². The topological polar surface area (TPSA) is 32.3 Å². The van der Waals surface area contributed by atoms with Crippen molar-refractivity contribution in [1.82, 2.24) is 10.2 Å². The molecule has 1 saturated heterocycles. The average molecular weight is 419 g/mol. The molecule has 0 aliphatic carbocycles. The van der Waals surface area contributed by atoms with Crippen LogP contribution in [0, 0.1) is 11.7 Å². The van der Waals surface area contributed by atoms with E-state index in [0.29, 0.717) is 0 Å². The average Bonchev–Trinajstić information content (AvgIpc) is 2.64. The fourth-order valence-corrected chi connectivity index (χ4v) is 3.63. The molecule has 2 aromatic carbocycles. The molecule has 1 amide bonds. The van der Waals surface area contributed by atoms with Crippen LogP contribution in [0.5, 0.6) is 0 Å². The van der Waals surface area contributed by atoms with Crippen molar-refractivity contribution in [3.05, 3.63) is 69.9 Å². The number of nitrogens with one attached hydrogen (secondary N) is 1. The Morgan fingerprint density at radius 3 is 2.38 bits per heavy atom. The van der Waals surface area contributed by atoms with E-state index < -0.39 is 0 Å². The third-order valence-corrected chi connectivity index (χ3v) is 5.54. The van der Waals surface area contributed by atoms with Gasteiger partial charge in [0.05, 0.1) is 6.04 Å². The summed E-state index contributed by atoms with van der Waals surface area (Å²) in [6.07, 6.45) is 1.75. The number of nitrogens with zero attached hydrogens (tertiary/aromatic N) is 1. The van der Waals surface area contributed by atoms with E-state index in [1.807, 2.05) is 6.92 Å². The van der Waals surface area contributed by atoms with Gasteiger partial charge in [-0.15, -0.1) is 0 Å². The Morgan fingerprint density at radius 2 is 1.77 bits per heavy atom. The van der Waals surface area contributed by atoms with E-state index in [1.54, 1.807) is 12.1 Å². The van der Waals surface area contributed by atoms with Gasteiger partial charge in [-0.1, -0.05) is 40.2 Å². The molecule has 1 fully saturated rings. The van der Waals surface area contributed by atoms with Gasteiger partial charge in [0.1, 0.15) is 5.82 Å². The van der Waals surface area contributed by atoms with Crippen LogP contribution in [0.3, 0.4) is 0 Å². The zero-order chi connectivity index (χ0) is 18.5. The Labute approximate surface area is 162 Å². The number of carbonyl (C=O) groups is 1. The van der Waals surface area contributed by atoms with Crippen LogP contribution in [0.15, 0.2) is 53.0 Å². The van der Waals surface area contributed by atoms with Gasteiger partial charge in [0, 0.05) is 16.9 Å². The lowest BCUT2D eigenvalue weighted by atomic mass is 9.95. The summed E-state index contributed by atoms with van der Waals surface area (Å²) >= 11 is 3.46. The molecule has 1 aliphatic rings. The smallest absolute Gasteiger partial charge is 0.223 e. The number of rotatable bonds is 5. The van der Waals surface area contributed by atoms with E-state index in [-0.39, 0.29) is 23.7 Å². The van der Waals surface area contributed by atoms with Crippen molar-refractivity contribution in [2.75, 3.05) is 13.1 Å². The lowest BCUT2D eigenvalue weighted by molar-refractivity contribution is -0.127. The van der Waals surface area contributed by atoms with Gasteiger partial charge in [-0.05, 0) is 68.2 Å². The Hall–Kier alpha value is -1.72. The lowest BCUT2D eigenvalue weighted by Gasteiger charge is -2.32. The predicted molar refractivity (Wildman–Crippen MR) is 105 cm³/mol. The van der Waals surface area contributed by atoms with E-state index in [0.717, 1.165) is 42.5 Å². The summed E-state index contributed by atoms with van der Waals surface area (Å²) in [5.74, 6) is -0.102. The highest BCUT2D eigenvalue weighted by Gasteiger charge is 2.26. The molecule has 0 aromatic heterocycles. The van der Waals surface area contributed by atoms with E-state index in [1.165, 1.54) is 17.7 Å². The van der Waals surface area contributed by atoms with Crippen LogP contribution in [0.25, 0.3) is 0 Å². The Balaban J connectivity index is 1.47. The molecule has 2 aromatic rings. The number of piperidine rings is 1. The summed E-state index contributed by atoms with van der Waals surface area (Å²) in [7, 11) is 0. The monoisotopic (exact) mass is 418 g/mol. The van der Waals surface area contributed by atoms with E-state index >= 15 is 0 Å². The van der Waals surface area contributed by atoms with Crippen LogP contribution >= 0.6 is 15.9 Å². The first-order chi connectivity index (χ1) is 12.5. The zero-order valence-electron chi connectivity index (χ0n) is 14.9.